The molecule has 1 aliphatic heterocycles. The van der Waals surface area contributed by atoms with Gasteiger partial charge in [0, 0.05) is 23.7 Å². The van der Waals surface area contributed by atoms with Gasteiger partial charge in [-0.1, -0.05) is 6.07 Å². The molecule has 0 bridgehead atoms. The monoisotopic (exact) mass is 390 g/mol. The van der Waals surface area contributed by atoms with E-state index in [2.05, 4.69) is 39.0 Å². The molecule has 2 unspecified atom stereocenters. The summed E-state index contributed by atoms with van der Waals surface area (Å²) in [6.07, 6.45) is 7.87. The Morgan fingerprint density at radius 3 is 2.55 bits per heavy atom. The third-order valence-electron chi connectivity index (χ3n) is 6.15. The van der Waals surface area contributed by atoms with Crippen molar-refractivity contribution in [2.45, 2.75) is 64.6 Å². The molecule has 150 valence electrons. The number of nitrogens with zero attached hydrogens (tertiary/aromatic N) is 5. The van der Waals surface area contributed by atoms with Crippen LogP contribution in [0.15, 0.2) is 30.9 Å². The Bertz CT molecular complexity index is 1080. The number of imidazole rings is 1. The van der Waals surface area contributed by atoms with Gasteiger partial charge in [-0.25, -0.2) is 15.0 Å². The van der Waals surface area contributed by atoms with Gasteiger partial charge in [0.25, 0.3) is 5.91 Å². The second kappa shape index (κ2) is 6.83. The second-order valence-corrected chi connectivity index (χ2v) is 8.42. The molecule has 5 rings (SSSR count). The summed E-state index contributed by atoms with van der Waals surface area (Å²) in [5, 5.41) is 3.06. The van der Waals surface area contributed by atoms with Gasteiger partial charge in [-0.2, -0.15) is 0 Å². The molecule has 7 heteroatoms. The molecule has 1 aliphatic carbocycles. The van der Waals surface area contributed by atoms with E-state index in [-0.39, 0.29) is 5.91 Å². The Morgan fingerprint density at radius 2 is 1.83 bits per heavy atom. The number of carbonyl (C=O) groups is 1. The zero-order valence-corrected chi connectivity index (χ0v) is 17.1. The molecule has 3 heterocycles. The number of amides is 1. The van der Waals surface area contributed by atoms with Gasteiger partial charge in [0.2, 0.25) is 0 Å². The van der Waals surface area contributed by atoms with Crippen LogP contribution in [0.1, 0.15) is 55.5 Å². The molecule has 0 radical (unpaired) electrons. The number of rotatable bonds is 4. The highest BCUT2D eigenvalue weighted by molar-refractivity contribution is 5.95. The smallest absolute Gasteiger partial charge is 0.251 e. The first kappa shape index (κ1) is 18.1. The minimum absolute atomic E-state index is 0.0202. The van der Waals surface area contributed by atoms with E-state index in [1.54, 1.807) is 12.7 Å². The molecule has 2 atom stereocenters. The first-order chi connectivity index (χ1) is 14.0. The molecule has 1 saturated carbocycles. The highest BCUT2D eigenvalue weighted by atomic mass is 16.1. The van der Waals surface area contributed by atoms with Gasteiger partial charge >= 0.3 is 0 Å². The Kier molecular flexibility index (Phi) is 4.26. The van der Waals surface area contributed by atoms with Crippen LogP contribution in [0.2, 0.25) is 0 Å². The molecule has 2 fully saturated rings. The number of hydrogen-bond acceptors (Lipinski definition) is 5. The lowest BCUT2D eigenvalue weighted by Crippen LogP contribution is -2.33. The van der Waals surface area contributed by atoms with Gasteiger partial charge in [0.15, 0.2) is 17.0 Å². The van der Waals surface area contributed by atoms with Crippen LogP contribution in [0.5, 0.6) is 0 Å². The fourth-order valence-electron chi connectivity index (χ4n) is 4.31. The van der Waals surface area contributed by atoms with Crippen molar-refractivity contribution < 1.29 is 4.79 Å². The summed E-state index contributed by atoms with van der Waals surface area (Å²) >= 11 is 0. The highest BCUT2D eigenvalue weighted by Crippen LogP contribution is 2.33. The van der Waals surface area contributed by atoms with Crippen LogP contribution >= 0.6 is 0 Å². The molecule has 29 heavy (non-hydrogen) atoms. The largest absolute Gasteiger partial charge is 0.349 e. The molecule has 1 amide bonds. The van der Waals surface area contributed by atoms with Crippen molar-refractivity contribution in [3.05, 3.63) is 42.0 Å². The lowest BCUT2D eigenvalue weighted by molar-refractivity contribution is 0.0951. The van der Waals surface area contributed by atoms with Crippen molar-refractivity contribution in [3.63, 3.8) is 0 Å². The Hall–Kier alpha value is -2.96. The van der Waals surface area contributed by atoms with Crippen LogP contribution in [0, 0.1) is 6.92 Å². The van der Waals surface area contributed by atoms with Crippen LogP contribution in [-0.4, -0.2) is 43.6 Å². The molecule has 3 aromatic rings. The number of aromatic nitrogens is 4. The zero-order valence-electron chi connectivity index (χ0n) is 17.1. The predicted molar refractivity (Wildman–Crippen MR) is 113 cm³/mol. The maximum Gasteiger partial charge on any atom is 0.251 e. The van der Waals surface area contributed by atoms with Crippen LogP contribution in [0.25, 0.3) is 16.9 Å². The highest BCUT2D eigenvalue weighted by Gasteiger charge is 2.31. The van der Waals surface area contributed by atoms with E-state index in [0.717, 1.165) is 53.9 Å². The van der Waals surface area contributed by atoms with Crippen molar-refractivity contribution in [2.75, 3.05) is 4.90 Å². The first-order valence-corrected chi connectivity index (χ1v) is 10.4. The van der Waals surface area contributed by atoms with Crippen LogP contribution < -0.4 is 10.2 Å². The van der Waals surface area contributed by atoms with Crippen LogP contribution in [0.4, 0.5) is 5.82 Å². The number of anilines is 1. The van der Waals surface area contributed by atoms with Gasteiger partial charge in [-0.3, -0.25) is 9.36 Å². The number of aryl methyl sites for hydroxylation is 1. The average Bonchev–Trinajstić information content (AvgIpc) is 3.32. The molecule has 1 aromatic carbocycles. The second-order valence-electron chi connectivity index (χ2n) is 8.42. The lowest BCUT2D eigenvalue weighted by Gasteiger charge is -2.27. The van der Waals surface area contributed by atoms with E-state index >= 15 is 0 Å². The van der Waals surface area contributed by atoms with Crippen LogP contribution in [-0.2, 0) is 0 Å². The van der Waals surface area contributed by atoms with Gasteiger partial charge in [-0.15, -0.1) is 0 Å². The summed E-state index contributed by atoms with van der Waals surface area (Å²) in [6, 6.07) is 6.99. The fourth-order valence-corrected chi connectivity index (χ4v) is 4.31. The van der Waals surface area contributed by atoms with E-state index < -0.39 is 0 Å². The van der Waals surface area contributed by atoms with Gasteiger partial charge in [-0.05, 0) is 64.2 Å². The minimum Gasteiger partial charge on any atom is -0.349 e. The number of carbonyl (C=O) groups excluding carboxylic acids is 1. The number of benzene rings is 1. The van der Waals surface area contributed by atoms with E-state index in [4.69, 9.17) is 0 Å². The van der Waals surface area contributed by atoms with Crippen molar-refractivity contribution in [1.29, 1.82) is 0 Å². The Labute approximate surface area is 170 Å². The van der Waals surface area contributed by atoms with Crippen molar-refractivity contribution >= 4 is 22.9 Å². The van der Waals surface area contributed by atoms with Gasteiger partial charge in [0.05, 0.1) is 5.69 Å². The van der Waals surface area contributed by atoms with Gasteiger partial charge in [0.1, 0.15) is 12.7 Å². The topological polar surface area (TPSA) is 75.9 Å². The maximum absolute atomic E-state index is 12.5. The Morgan fingerprint density at radius 1 is 1.07 bits per heavy atom. The molecule has 2 aromatic heterocycles. The minimum atomic E-state index is -0.0202. The predicted octanol–water partition coefficient (Wildman–Crippen LogP) is 3.39. The van der Waals surface area contributed by atoms with E-state index in [0.29, 0.717) is 23.7 Å². The molecule has 1 saturated heterocycles. The summed E-state index contributed by atoms with van der Waals surface area (Å²) in [7, 11) is 0. The summed E-state index contributed by atoms with van der Waals surface area (Å²) < 4.78 is 1.97. The summed E-state index contributed by atoms with van der Waals surface area (Å²) in [5.74, 6) is 0.875. The van der Waals surface area contributed by atoms with Crippen molar-refractivity contribution in [1.82, 2.24) is 24.8 Å². The molecule has 7 nitrogen and oxygen atoms in total. The summed E-state index contributed by atoms with van der Waals surface area (Å²) in [5.41, 5.74) is 4.22. The molecule has 1 N–H and O–H groups in total. The third kappa shape index (κ3) is 3.14. The van der Waals surface area contributed by atoms with Crippen LogP contribution in [0.3, 0.4) is 0 Å². The maximum atomic E-state index is 12.5. The number of nitrogens with one attached hydrogen (secondary N) is 1. The number of fused-ring (bicyclic) bond motifs is 1. The number of hydrogen-bond donors (Lipinski definition) is 1. The zero-order chi connectivity index (χ0) is 20.1. The molecular formula is C22H26N6O. The fraction of sp³-hybridized carbons (Fsp3) is 0.455. The standard InChI is InChI=1S/C22H26N6O/c1-13-4-7-16(22(29)26-17-8-9-17)10-18(13)27-12-25-19-20(27)23-11-24-21(19)28-14(2)5-6-15(28)3/h4,7,10-12,14-15,17H,5-6,8-9H2,1-3H3,(H,26,29). The van der Waals surface area contributed by atoms with Gasteiger partial charge < -0.3 is 10.2 Å². The Balaban J connectivity index is 1.57. The lowest BCUT2D eigenvalue weighted by atomic mass is 10.1. The van der Waals surface area contributed by atoms with E-state index in [1.165, 1.54) is 0 Å². The first-order valence-electron chi connectivity index (χ1n) is 10.4. The molecular weight excluding hydrogens is 364 g/mol. The average molecular weight is 390 g/mol. The SMILES string of the molecule is Cc1ccc(C(=O)NC2CC2)cc1-n1cnc2c(N3C(C)CCC3C)ncnc21. The quantitative estimate of drug-likeness (QED) is 0.739. The summed E-state index contributed by atoms with van der Waals surface area (Å²) in [4.78, 5) is 28.7. The van der Waals surface area contributed by atoms with E-state index in [9.17, 15) is 4.79 Å². The molecule has 2 aliphatic rings. The van der Waals surface area contributed by atoms with E-state index in [1.807, 2.05) is 29.7 Å². The van der Waals surface area contributed by atoms with Crippen molar-refractivity contribution in [3.8, 4) is 5.69 Å². The summed E-state index contributed by atoms with van der Waals surface area (Å²) in [6.45, 7) is 6.51. The molecule has 0 spiro atoms. The van der Waals surface area contributed by atoms with Crippen molar-refractivity contribution in [2.24, 2.45) is 0 Å². The third-order valence-corrected chi connectivity index (χ3v) is 6.15. The normalized spacial score (nSPS) is 21.7.